The number of nitrogens with two attached hydrogens (primary N) is 1. The highest BCUT2D eigenvalue weighted by Crippen LogP contribution is 2.23. The van der Waals surface area contributed by atoms with Crippen molar-refractivity contribution >= 4 is 21.4 Å². The second kappa shape index (κ2) is 5.38. The maximum absolute atomic E-state index is 13.6. The molecule has 21 heavy (non-hydrogen) atoms. The highest BCUT2D eigenvalue weighted by molar-refractivity contribution is 7.92. The number of hydrogen-bond acceptors (Lipinski definition) is 4. The minimum Gasteiger partial charge on any atom is -0.396 e. The maximum Gasteiger partial charge on any atom is 0.264 e. The predicted octanol–water partition coefficient (Wildman–Crippen LogP) is 2.22. The van der Waals surface area contributed by atoms with Crippen LogP contribution in [-0.2, 0) is 10.0 Å². The van der Waals surface area contributed by atoms with Crippen LogP contribution < -0.4 is 10.5 Å². The lowest BCUT2D eigenvalue weighted by Crippen LogP contribution is -2.15. The topological polar surface area (TPSA) is 96.0 Å². The van der Waals surface area contributed by atoms with E-state index in [0.717, 1.165) is 0 Å². The zero-order chi connectivity index (χ0) is 15.6. The lowest BCUT2D eigenvalue weighted by Gasteiger charge is -2.10. The number of nitrogen functional groups attached to an aromatic ring is 1. The van der Waals surface area contributed by atoms with Gasteiger partial charge in [0.2, 0.25) is 0 Å². The van der Waals surface area contributed by atoms with Gasteiger partial charge in [-0.3, -0.25) is 4.72 Å². The fourth-order valence-corrected chi connectivity index (χ4v) is 2.73. The van der Waals surface area contributed by atoms with Crippen LogP contribution in [0.5, 0.6) is 0 Å². The standard InChI is InChI=1S/C13H9F2N3O2S/c14-10-5-11(15)13(6-12(10)17)21(19,20)18-9-3-1-8(7-16)2-4-9/h1-6,18H,17H2. The molecule has 0 amide bonds. The number of nitrogens with one attached hydrogen (secondary N) is 1. The van der Waals surface area contributed by atoms with Gasteiger partial charge in [0, 0.05) is 11.8 Å². The first kappa shape index (κ1) is 14.7. The van der Waals surface area contributed by atoms with Crippen LogP contribution >= 0.6 is 0 Å². The van der Waals surface area contributed by atoms with E-state index in [4.69, 9.17) is 11.0 Å². The Morgan fingerprint density at radius 2 is 1.71 bits per heavy atom. The summed E-state index contributed by atoms with van der Waals surface area (Å²) in [5.74, 6) is -2.28. The number of nitrogens with zero attached hydrogens (tertiary/aromatic N) is 1. The normalized spacial score (nSPS) is 10.9. The molecule has 0 aromatic heterocycles. The fourth-order valence-electron chi connectivity index (χ4n) is 1.57. The van der Waals surface area contributed by atoms with Gasteiger partial charge in [0.25, 0.3) is 10.0 Å². The Labute approximate surface area is 119 Å². The van der Waals surface area contributed by atoms with E-state index in [2.05, 4.69) is 4.72 Å². The van der Waals surface area contributed by atoms with Crippen molar-refractivity contribution in [2.75, 3.05) is 10.5 Å². The summed E-state index contributed by atoms with van der Waals surface area (Å²) in [6.07, 6.45) is 0. The summed E-state index contributed by atoms with van der Waals surface area (Å²) in [5, 5.41) is 8.64. The van der Waals surface area contributed by atoms with Crippen LogP contribution in [0, 0.1) is 23.0 Å². The van der Waals surface area contributed by atoms with E-state index in [0.29, 0.717) is 17.7 Å². The molecule has 8 heteroatoms. The molecule has 0 aliphatic heterocycles. The minimum absolute atomic E-state index is 0.135. The highest BCUT2D eigenvalue weighted by Gasteiger charge is 2.21. The molecule has 0 atom stereocenters. The summed E-state index contributed by atoms with van der Waals surface area (Å²) in [4.78, 5) is -0.759. The van der Waals surface area contributed by atoms with Crippen LogP contribution in [0.4, 0.5) is 20.2 Å². The van der Waals surface area contributed by atoms with E-state index in [-0.39, 0.29) is 5.69 Å². The molecule has 0 radical (unpaired) electrons. The summed E-state index contributed by atoms with van der Waals surface area (Å²) in [5.41, 5.74) is 5.25. The van der Waals surface area contributed by atoms with Gasteiger partial charge < -0.3 is 5.73 Å². The number of hydrogen-bond donors (Lipinski definition) is 2. The lowest BCUT2D eigenvalue weighted by molar-refractivity contribution is 0.553. The number of benzene rings is 2. The van der Waals surface area contributed by atoms with E-state index in [1.165, 1.54) is 24.3 Å². The van der Waals surface area contributed by atoms with Crippen molar-refractivity contribution in [1.82, 2.24) is 0 Å². The van der Waals surface area contributed by atoms with Gasteiger partial charge in [-0.1, -0.05) is 0 Å². The SMILES string of the molecule is N#Cc1ccc(NS(=O)(=O)c2cc(N)c(F)cc2F)cc1. The summed E-state index contributed by atoms with van der Waals surface area (Å²) >= 11 is 0. The zero-order valence-corrected chi connectivity index (χ0v) is 11.3. The quantitative estimate of drug-likeness (QED) is 0.850. The largest absolute Gasteiger partial charge is 0.396 e. The Hall–Kier alpha value is -2.66. The Morgan fingerprint density at radius 3 is 2.29 bits per heavy atom. The molecule has 2 aromatic rings. The molecule has 0 spiro atoms. The smallest absolute Gasteiger partial charge is 0.264 e. The van der Waals surface area contributed by atoms with Crippen LogP contribution in [0.2, 0.25) is 0 Å². The molecular weight excluding hydrogens is 300 g/mol. The summed E-state index contributed by atoms with van der Waals surface area (Å²) < 4.78 is 52.8. The van der Waals surface area contributed by atoms with Crippen molar-refractivity contribution in [3.63, 3.8) is 0 Å². The number of sulfonamides is 1. The highest BCUT2D eigenvalue weighted by atomic mass is 32.2. The zero-order valence-electron chi connectivity index (χ0n) is 10.5. The van der Waals surface area contributed by atoms with Gasteiger partial charge in [-0.25, -0.2) is 17.2 Å². The van der Waals surface area contributed by atoms with Gasteiger partial charge in [0.15, 0.2) is 0 Å². The number of nitriles is 1. The minimum atomic E-state index is -4.26. The fraction of sp³-hybridized carbons (Fsp3) is 0. The van der Waals surface area contributed by atoms with Gasteiger partial charge in [-0.2, -0.15) is 5.26 Å². The Kier molecular flexibility index (Phi) is 3.78. The lowest BCUT2D eigenvalue weighted by atomic mass is 10.2. The third kappa shape index (κ3) is 3.09. The van der Waals surface area contributed by atoms with E-state index >= 15 is 0 Å². The second-order valence-corrected chi connectivity index (χ2v) is 5.75. The van der Waals surface area contributed by atoms with Crippen molar-refractivity contribution in [2.24, 2.45) is 0 Å². The summed E-state index contributed by atoms with van der Waals surface area (Å²) in [6, 6.07) is 8.47. The van der Waals surface area contributed by atoms with Crippen molar-refractivity contribution in [2.45, 2.75) is 4.90 Å². The van der Waals surface area contributed by atoms with Crippen LogP contribution in [0.1, 0.15) is 5.56 Å². The molecule has 5 nitrogen and oxygen atoms in total. The van der Waals surface area contributed by atoms with Gasteiger partial charge >= 0.3 is 0 Å². The van der Waals surface area contributed by atoms with Crippen LogP contribution in [0.3, 0.4) is 0 Å². The van der Waals surface area contributed by atoms with E-state index in [9.17, 15) is 17.2 Å². The van der Waals surface area contributed by atoms with Crippen molar-refractivity contribution in [3.05, 3.63) is 53.6 Å². The molecule has 0 heterocycles. The third-order valence-corrected chi connectivity index (χ3v) is 4.00. The number of anilines is 2. The first-order valence-electron chi connectivity index (χ1n) is 5.61. The average molecular weight is 309 g/mol. The monoisotopic (exact) mass is 309 g/mol. The summed E-state index contributed by atoms with van der Waals surface area (Å²) in [7, 11) is -4.26. The molecule has 0 saturated heterocycles. The van der Waals surface area contributed by atoms with E-state index in [1.807, 2.05) is 6.07 Å². The van der Waals surface area contributed by atoms with Gasteiger partial charge in [-0.15, -0.1) is 0 Å². The van der Waals surface area contributed by atoms with Gasteiger partial charge in [-0.05, 0) is 30.3 Å². The van der Waals surface area contributed by atoms with Crippen LogP contribution in [-0.4, -0.2) is 8.42 Å². The van der Waals surface area contributed by atoms with Gasteiger partial charge in [0.1, 0.15) is 16.5 Å². The Bertz CT molecular complexity index is 828. The van der Waals surface area contributed by atoms with Crippen molar-refractivity contribution in [1.29, 1.82) is 5.26 Å². The molecular formula is C13H9F2N3O2S. The Morgan fingerprint density at radius 1 is 1.10 bits per heavy atom. The molecule has 0 bridgehead atoms. The first-order chi connectivity index (χ1) is 9.83. The van der Waals surface area contributed by atoms with E-state index < -0.39 is 32.2 Å². The summed E-state index contributed by atoms with van der Waals surface area (Å²) in [6.45, 7) is 0. The molecule has 0 saturated carbocycles. The van der Waals surface area contributed by atoms with Crippen LogP contribution in [0.15, 0.2) is 41.3 Å². The molecule has 2 rings (SSSR count). The van der Waals surface area contributed by atoms with E-state index in [1.54, 1.807) is 0 Å². The number of rotatable bonds is 3. The second-order valence-electron chi connectivity index (χ2n) is 4.10. The van der Waals surface area contributed by atoms with Crippen molar-refractivity contribution in [3.8, 4) is 6.07 Å². The molecule has 2 aromatic carbocycles. The molecule has 0 aliphatic rings. The maximum atomic E-state index is 13.6. The first-order valence-corrected chi connectivity index (χ1v) is 7.09. The molecule has 3 N–H and O–H groups in total. The molecule has 0 unspecified atom stereocenters. The van der Waals surface area contributed by atoms with Crippen molar-refractivity contribution < 1.29 is 17.2 Å². The Balaban J connectivity index is 2.38. The average Bonchev–Trinajstić information content (AvgIpc) is 2.43. The van der Waals surface area contributed by atoms with Crippen LogP contribution in [0.25, 0.3) is 0 Å². The predicted molar refractivity (Wildman–Crippen MR) is 72.7 cm³/mol. The molecule has 0 fully saturated rings. The molecule has 108 valence electrons. The third-order valence-electron chi connectivity index (χ3n) is 2.61. The van der Waals surface area contributed by atoms with Gasteiger partial charge in [0.05, 0.1) is 17.3 Å². The molecule has 0 aliphatic carbocycles. The number of halogens is 2.